The highest BCUT2D eigenvalue weighted by atomic mass is 32.1. The first-order valence-corrected chi connectivity index (χ1v) is 26.7. The van der Waals surface area contributed by atoms with Gasteiger partial charge in [0.15, 0.2) is 27.6 Å². The number of para-hydroxylation sites is 1. The van der Waals surface area contributed by atoms with E-state index in [4.69, 9.17) is 0 Å². The number of fused-ring (bicyclic) bond motifs is 2. The second-order valence-electron chi connectivity index (χ2n) is 19.7. The molecule has 0 spiro atoms. The predicted octanol–water partition coefficient (Wildman–Crippen LogP) is 8.21. The number of aliphatic hydroxyl groups is 1. The molecule has 6 heterocycles. The van der Waals surface area contributed by atoms with Crippen LogP contribution in [0.15, 0.2) is 54.0 Å². The van der Waals surface area contributed by atoms with Gasteiger partial charge in [-0.05, 0) is 108 Å². The molecule has 376 valence electrons. The summed E-state index contributed by atoms with van der Waals surface area (Å²) in [5, 5.41) is 40.7. The third-order valence-corrected chi connectivity index (χ3v) is 16.3. The van der Waals surface area contributed by atoms with Crippen molar-refractivity contribution in [3.05, 3.63) is 87.0 Å². The molecule has 20 heteroatoms. The molecule has 8 rings (SSSR count). The van der Waals surface area contributed by atoms with Gasteiger partial charge < -0.3 is 40.9 Å². The van der Waals surface area contributed by atoms with Gasteiger partial charge in [0.05, 0.1) is 38.4 Å². The van der Waals surface area contributed by atoms with Crippen molar-refractivity contribution in [1.82, 2.24) is 45.6 Å². The standard InChI is InChI=1S/C51H63N11O6S3/c1-29-35-14-12-25-61(45(35)59-58-44(29)57-49-54-36-15-8-9-16-38(36)70-49)50-56-41(48(67)68)39(71-50)17-13-24-60(7)23-11-10-18-40(64)55-43(51(4,5)6)47(66)62-27-34(63)26-37(62)46(65)53-30(2)32-19-21-33(22-20-32)42-31(3)52-28-69-42/h8-9,15-16,19-22,28,30,34,37,43,63H,10-14,17-18,23-27H2,1-7H3,(H,53,65)(H,55,64)(H,67,68)(H,54,57,58)/t30-,34+,37+,43-/m1/s1. The Kier molecular flexibility index (Phi) is 16.1. The van der Waals surface area contributed by atoms with Crippen LogP contribution in [0, 0.1) is 19.3 Å². The minimum Gasteiger partial charge on any atom is -0.476 e. The number of aromatic carboxylic acids is 1. The van der Waals surface area contributed by atoms with E-state index in [1.807, 2.05) is 108 Å². The van der Waals surface area contributed by atoms with Gasteiger partial charge in [0.25, 0.3) is 0 Å². The molecule has 1 fully saturated rings. The molecule has 2 aliphatic heterocycles. The fourth-order valence-corrected chi connectivity index (χ4v) is 12.0. The topological polar surface area (TPSA) is 219 Å². The molecule has 0 bridgehead atoms. The molecule has 6 aromatic rings. The second-order valence-corrected chi connectivity index (χ2v) is 22.6. The zero-order valence-corrected chi connectivity index (χ0v) is 43.8. The number of aromatic nitrogens is 5. The van der Waals surface area contributed by atoms with E-state index in [0.717, 1.165) is 80.5 Å². The number of rotatable bonds is 19. The maximum absolute atomic E-state index is 14.2. The van der Waals surface area contributed by atoms with E-state index >= 15 is 0 Å². The number of likely N-dealkylation sites (tertiary alicyclic amines) is 1. The van der Waals surface area contributed by atoms with E-state index in [1.54, 1.807) is 22.7 Å². The van der Waals surface area contributed by atoms with E-state index < -0.39 is 35.5 Å². The lowest BCUT2D eigenvalue weighted by Gasteiger charge is -2.35. The number of β-amino-alcohol motifs (C(OH)–C–C–N with tert-alkyl or cyclic N) is 1. The maximum Gasteiger partial charge on any atom is 0.355 e. The number of benzene rings is 2. The van der Waals surface area contributed by atoms with Crippen molar-refractivity contribution in [1.29, 1.82) is 0 Å². The summed E-state index contributed by atoms with van der Waals surface area (Å²) < 4.78 is 1.08. The van der Waals surface area contributed by atoms with E-state index in [9.17, 15) is 29.4 Å². The first kappa shape index (κ1) is 51.4. The molecule has 71 heavy (non-hydrogen) atoms. The summed E-state index contributed by atoms with van der Waals surface area (Å²) in [7, 11) is 2.01. The zero-order chi connectivity index (χ0) is 50.6. The molecule has 4 atom stereocenters. The average Bonchev–Trinajstić information content (AvgIpc) is 4.16. The molecular formula is C51H63N11O6S3. The summed E-state index contributed by atoms with van der Waals surface area (Å²) in [4.78, 5) is 74.8. The number of aliphatic hydroxyl groups excluding tert-OH is 1. The molecule has 1 saturated heterocycles. The van der Waals surface area contributed by atoms with Crippen molar-refractivity contribution in [2.24, 2.45) is 5.41 Å². The van der Waals surface area contributed by atoms with Gasteiger partial charge in [-0.3, -0.25) is 14.4 Å². The molecule has 4 aromatic heterocycles. The van der Waals surface area contributed by atoms with Crippen molar-refractivity contribution in [2.75, 3.05) is 43.4 Å². The molecule has 2 aromatic carbocycles. The van der Waals surface area contributed by atoms with Crippen LogP contribution in [0.25, 0.3) is 20.7 Å². The molecule has 2 aliphatic rings. The first-order chi connectivity index (χ1) is 33.9. The summed E-state index contributed by atoms with van der Waals surface area (Å²) in [6, 6.07) is 13.8. The highest BCUT2D eigenvalue weighted by Crippen LogP contribution is 2.39. The molecular weight excluding hydrogens is 959 g/mol. The number of carboxylic acids is 1. The molecule has 0 saturated carbocycles. The van der Waals surface area contributed by atoms with Crippen LogP contribution in [-0.2, 0) is 27.2 Å². The number of carboxylic acid groups (broad SMARTS) is 1. The van der Waals surface area contributed by atoms with Gasteiger partial charge in [0.2, 0.25) is 17.7 Å². The maximum atomic E-state index is 14.2. The highest BCUT2D eigenvalue weighted by Gasteiger charge is 2.44. The van der Waals surface area contributed by atoms with Crippen molar-refractivity contribution >= 4 is 89.8 Å². The summed E-state index contributed by atoms with van der Waals surface area (Å²) in [5.74, 6) is -0.727. The predicted molar refractivity (Wildman–Crippen MR) is 280 cm³/mol. The molecule has 0 aliphatic carbocycles. The monoisotopic (exact) mass is 1020 g/mol. The van der Waals surface area contributed by atoms with Crippen LogP contribution < -0.4 is 20.9 Å². The van der Waals surface area contributed by atoms with Gasteiger partial charge in [-0.15, -0.1) is 32.9 Å². The Bertz CT molecular complexity index is 2840. The fourth-order valence-electron chi connectivity index (χ4n) is 9.24. The zero-order valence-electron chi connectivity index (χ0n) is 41.3. The second kappa shape index (κ2) is 22.2. The lowest BCUT2D eigenvalue weighted by atomic mass is 9.85. The number of aryl methyl sites for hydroxylation is 2. The van der Waals surface area contributed by atoms with E-state index in [0.29, 0.717) is 47.5 Å². The van der Waals surface area contributed by atoms with Crippen LogP contribution in [-0.4, -0.2) is 120 Å². The number of carbonyl (C=O) groups is 4. The van der Waals surface area contributed by atoms with Crippen molar-refractivity contribution < 1.29 is 29.4 Å². The smallest absolute Gasteiger partial charge is 0.355 e. The Balaban J connectivity index is 0.798. The third kappa shape index (κ3) is 12.1. The van der Waals surface area contributed by atoms with Crippen molar-refractivity contribution in [3.63, 3.8) is 0 Å². The summed E-state index contributed by atoms with van der Waals surface area (Å²) in [5.41, 5.74) is 7.08. The number of thiazole rings is 3. The van der Waals surface area contributed by atoms with Gasteiger partial charge in [-0.2, -0.15) is 0 Å². The molecule has 17 nitrogen and oxygen atoms in total. The lowest BCUT2D eigenvalue weighted by Crippen LogP contribution is -2.57. The molecule has 5 N–H and O–H groups in total. The fraction of sp³-hybridized carbons (Fsp3) is 0.471. The number of nitrogens with zero attached hydrogens (tertiary/aromatic N) is 8. The SMILES string of the molecule is Cc1ncsc1-c1ccc([C@@H](C)NC(=O)[C@@H]2C[C@H](O)CN2C(=O)[C@@H](NC(=O)CCCCN(C)CCCc2sc(N3CCCc4c3nnc(Nc3nc5ccccc5s3)c4C)nc2C(=O)O)C(C)(C)C)cc1. The summed E-state index contributed by atoms with van der Waals surface area (Å²) in [6.07, 6.45) is 3.72. The Hall–Kier alpha value is -5.93. The van der Waals surface area contributed by atoms with E-state index in [-0.39, 0.29) is 42.9 Å². The minimum absolute atomic E-state index is 0.000968. The Morgan fingerprint density at radius 1 is 0.958 bits per heavy atom. The van der Waals surface area contributed by atoms with Crippen LogP contribution in [0.3, 0.4) is 0 Å². The van der Waals surface area contributed by atoms with Gasteiger partial charge in [0, 0.05) is 41.9 Å². The lowest BCUT2D eigenvalue weighted by molar-refractivity contribution is -0.144. The highest BCUT2D eigenvalue weighted by molar-refractivity contribution is 7.22. The number of nitrogens with one attached hydrogen (secondary N) is 3. The number of hydrogen-bond donors (Lipinski definition) is 5. The Labute approximate surface area is 426 Å². The number of anilines is 4. The third-order valence-electron chi connectivity index (χ3n) is 13.2. The number of hydrogen-bond acceptors (Lipinski definition) is 16. The quantitative estimate of drug-likeness (QED) is 0.0483. The molecule has 0 radical (unpaired) electrons. The number of amides is 3. The van der Waals surface area contributed by atoms with Gasteiger partial charge in [-0.25, -0.2) is 19.7 Å². The molecule has 0 unspecified atom stereocenters. The number of unbranched alkanes of at least 4 members (excludes halogenated alkanes) is 1. The summed E-state index contributed by atoms with van der Waals surface area (Å²) in [6.45, 7) is 13.6. The number of carbonyl (C=O) groups excluding carboxylic acids is 3. The van der Waals surface area contributed by atoms with Crippen LogP contribution in [0.4, 0.5) is 21.9 Å². The Morgan fingerprint density at radius 2 is 1.72 bits per heavy atom. The Morgan fingerprint density at radius 3 is 2.44 bits per heavy atom. The van der Waals surface area contributed by atoms with Gasteiger partial charge >= 0.3 is 5.97 Å². The van der Waals surface area contributed by atoms with Crippen LogP contribution >= 0.6 is 34.0 Å². The van der Waals surface area contributed by atoms with Crippen molar-refractivity contribution in [3.8, 4) is 10.4 Å². The van der Waals surface area contributed by atoms with E-state index in [2.05, 4.69) is 46.0 Å². The van der Waals surface area contributed by atoms with Crippen molar-refractivity contribution in [2.45, 2.75) is 117 Å². The van der Waals surface area contributed by atoms with Gasteiger partial charge in [-0.1, -0.05) is 68.5 Å². The van der Waals surface area contributed by atoms with Crippen LogP contribution in [0.1, 0.15) is 110 Å². The first-order valence-electron chi connectivity index (χ1n) is 24.2. The van der Waals surface area contributed by atoms with E-state index in [1.165, 1.54) is 16.2 Å². The van der Waals surface area contributed by atoms with Gasteiger partial charge in [0.1, 0.15) is 12.1 Å². The molecule has 3 amide bonds. The minimum atomic E-state index is -1.06. The normalized spacial score (nSPS) is 16.8. The summed E-state index contributed by atoms with van der Waals surface area (Å²) >= 11 is 4.52. The largest absolute Gasteiger partial charge is 0.476 e. The van der Waals surface area contributed by atoms with Crippen LogP contribution in [0.5, 0.6) is 0 Å². The van der Waals surface area contributed by atoms with Crippen LogP contribution in [0.2, 0.25) is 0 Å². The average molecular weight is 1020 g/mol.